The van der Waals surface area contributed by atoms with Crippen molar-refractivity contribution in [3.05, 3.63) is 17.8 Å². The lowest BCUT2D eigenvalue weighted by molar-refractivity contribution is 0.205. The lowest BCUT2D eigenvalue weighted by Crippen LogP contribution is -2.32. The maximum absolute atomic E-state index is 8.53. The van der Waals surface area contributed by atoms with Crippen LogP contribution < -0.4 is 10.6 Å². The van der Waals surface area contributed by atoms with E-state index < -0.39 is 0 Å². The predicted molar refractivity (Wildman–Crippen MR) is 68.9 cm³/mol. The van der Waals surface area contributed by atoms with Crippen molar-refractivity contribution in [2.75, 3.05) is 31.7 Å². The van der Waals surface area contributed by atoms with E-state index in [4.69, 9.17) is 15.7 Å². The minimum Gasteiger partial charge on any atom is -0.409 e. The van der Waals surface area contributed by atoms with Crippen LogP contribution in [0, 0.1) is 6.92 Å². The minimum absolute atomic E-state index is 0.193. The minimum atomic E-state index is 0.193. The zero-order valence-electron chi connectivity index (χ0n) is 10.7. The molecule has 0 unspecified atom stereocenters. The van der Waals surface area contributed by atoms with E-state index >= 15 is 0 Å². The number of nitrogens with zero attached hydrogens (tertiary/aromatic N) is 4. The third-order valence-electron chi connectivity index (χ3n) is 2.43. The van der Waals surface area contributed by atoms with Gasteiger partial charge in [-0.25, -0.2) is 0 Å². The van der Waals surface area contributed by atoms with Gasteiger partial charge in [-0.05, 0) is 18.6 Å². The third kappa shape index (κ3) is 4.54. The second kappa shape index (κ2) is 7.44. The fraction of sp³-hybridized carbons (Fsp3) is 0.545. The van der Waals surface area contributed by atoms with Gasteiger partial charge in [0.05, 0.1) is 12.8 Å². The van der Waals surface area contributed by atoms with Crippen LogP contribution in [-0.2, 0) is 4.74 Å². The first kappa shape index (κ1) is 14.2. The molecule has 0 aliphatic rings. The highest BCUT2D eigenvalue weighted by Gasteiger charge is 2.09. The SMILES string of the molecule is COCCN(CC/C(N)=N/O)c1cc(C)cnn1. The molecule has 18 heavy (non-hydrogen) atoms. The van der Waals surface area contributed by atoms with Gasteiger partial charge >= 0.3 is 0 Å². The molecule has 7 nitrogen and oxygen atoms in total. The molecule has 0 saturated heterocycles. The predicted octanol–water partition coefficient (Wildman–Crippen LogP) is 0.374. The van der Waals surface area contributed by atoms with E-state index in [1.54, 1.807) is 13.3 Å². The fourth-order valence-corrected chi connectivity index (χ4v) is 1.45. The molecule has 1 rings (SSSR count). The second-order valence-corrected chi connectivity index (χ2v) is 3.91. The summed E-state index contributed by atoms with van der Waals surface area (Å²) in [5.74, 6) is 0.954. The highest BCUT2D eigenvalue weighted by atomic mass is 16.5. The van der Waals surface area contributed by atoms with Gasteiger partial charge in [0, 0.05) is 26.6 Å². The molecule has 0 radical (unpaired) electrons. The van der Waals surface area contributed by atoms with Crippen LogP contribution >= 0.6 is 0 Å². The summed E-state index contributed by atoms with van der Waals surface area (Å²) >= 11 is 0. The Kier molecular flexibility index (Phi) is 5.86. The second-order valence-electron chi connectivity index (χ2n) is 3.91. The number of nitrogens with two attached hydrogens (primary N) is 1. The first-order valence-electron chi connectivity index (χ1n) is 5.67. The van der Waals surface area contributed by atoms with E-state index in [-0.39, 0.29) is 5.84 Å². The summed E-state index contributed by atoms with van der Waals surface area (Å²) < 4.78 is 5.06. The van der Waals surface area contributed by atoms with Gasteiger partial charge in [-0.2, -0.15) is 5.10 Å². The lowest BCUT2D eigenvalue weighted by atomic mass is 10.3. The van der Waals surface area contributed by atoms with Crippen molar-refractivity contribution in [2.45, 2.75) is 13.3 Å². The average Bonchev–Trinajstić information content (AvgIpc) is 2.38. The molecule has 0 aliphatic heterocycles. The molecule has 1 aromatic rings. The van der Waals surface area contributed by atoms with E-state index in [0.29, 0.717) is 26.1 Å². The Morgan fingerprint density at radius 3 is 2.94 bits per heavy atom. The summed E-state index contributed by atoms with van der Waals surface area (Å²) in [5, 5.41) is 19.5. The molecule has 0 aromatic carbocycles. The van der Waals surface area contributed by atoms with E-state index in [1.165, 1.54) is 0 Å². The Hall–Kier alpha value is -1.89. The molecule has 0 aliphatic carbocycles. The first-order chi connectivity index (χ1) is 8.67. The van der Waals surface area contributed by atoms with Crippen LogP contribution in [-0.4, -0.2) is 48.0 Å². The molecule has 0 saturated carbocycles. The number of hydrogen-bond acceptors (Lipinski definition) is 6. The van der Waals surface area contributed by atoms with Gasteiger partial charge in [-0.15, -0.1) is 5.10 Å². The maximum atomic E-state index is 8.53. The quantitative estimate of drug-likeness (QED) is 0.315. The molecule has 3 N–H and O–H groups in total. The molecule has 1 heterocycles. The largest absolute Gasteiger partial charge is 0.409 e. The van der Waals surface area contributed by atoms with Crippen LogP contribution in [0.3, 0.4) is 0 Å². The van der Waals surface area contributed by atoms with Gasteiger partial charge in [0.25, 0.3) is 0 Å². The number of hydrogen-bond donors (Lipinski definition) is 2. The average molecular weight is 253 g/mol. The van der Waals surface area contributed by atoms with Crippen molar-refractivity contribution in [3.8, 4) is 0 Å². The molecule has 1 aromatic heterocycles. The maximum Gasteiger partial charge on any atom is 0.151 e. The van der Waals surface area contributed by atoms with E-state index in [1.807, 2.05) is 17.9 Å². The molecule has 0 fully saturated rings. The van der Waals surface area contributed by atoms with Gasteiger partial charge in [0.2, 0.25) is 0 Å². The van der Waals surface area contributed by atoms with E-state index in [0.717, 1.165) is 11.4 Å². The van der Waals surface area contributed by atoms with Crippen molar-refractivity contribution in [1.29, 1.82) is 0 Å². The van der Waals surface area contributed by atoms with Crippen molar-refractivity contribution in [1.82, 2.24) is 10.2 Å². The van der Waals surface area contributed by atoms with E-state index in [2.05, 4.69) is 15.4 Å². The third-order valence-corrected chi connectivity index (χ3v) is 2.43. The van der Waals surface area contributed by atoms with Gasteiger partial charge in [0.1, 0.15) is 5.84 Å². The monoisotopic (exact) mass is 253 g/mol. The van der Waals surface area contributed by atoms with Crippen LogP contribution in [0.5, 0.6) is 0 Å². The van der Waals surface area contributed by atoms with Crippen molar-refractivity contribution >= 4 is 11.7 Å². The number of oxime groups is 1. The molecule has 100 valence electrons. The van der Waals surface area contributed by atoms with Gasteiger partial charge in [0.15, 0.2) is 5.82 Å². The number of anilines is 1. The van der Waals surface area contributed by atoms with Crippen LogP contribution in [0.4, 0.5) is 5.82 Å². The topological polar surface area (TPSA) is 96.9 Å². The smallest absolute Gasteiger partial charge is 0.151 e. The highest BCUT2D eigenvalue weighted by Crippen LogP contribution is 2.11. The Morgan fingerprint density at radius 1 is 1.56 bits per heavy atom. The Morgan fingerprint density at radius 2 is 2.33 bits per heavy atom. The molecule has 7 heteroatoms. The summed E-state index contributed by atoms with van der Waals surface area (Å²) in [6, 6.07) is 1.94. The number of methoxy groups -OCH3 is 1. The van der Waals surface area contributed by atoms with E-state index in [9.17, 15) is 0 Å². The van der Waals surface area contributed by atoms with Crippen molar-refractivity contribution < 1.29 is 9.94 Å². The molecule has 0 amide bonds. The number of rotatable bonds is 7. The molecule has 0 atom stereocenters. The van der Waals surface area contributed by atoms with Crippen molar-refractivity contribution in [2.24, 2.45) is 10.9 Å². The highest BCUT2D eigenvalue weighted by molar-refractivity contribution is 5.80. The molecular formula is C11H19N5O2. The summed E-state index contributed by atoms with van der Waals surface area (Å²) in [7, 11) is 1.64. The summed E-state index contributed by atoms with van der Waals surface area (Å²) in [6.45, 7) is 3.80. The first-order valence-corrected chi connectivity index (χ1v) is 5.67. The Bertz CT molecular complexity index is 397. The van der Waals surface area contributed by atoms with Crippen LogP contribution in [0.1, 0.15) is 12.0 Å². The normalized spacial score (nSPS) is 11.6. The zero-order chi connectivity index (χ0) is 13.4. The van der Waals surface area contributed by atoms with Crippen LogP contribution in [0.25, 0.3) is 0 Å². The Labute approximate surface area is 106 Å². The molecular weight excluding hydrogens is 234 g/mol. The standard InChI is InChI=1S/C11H19N5O2/c1-9-7-11(14-13-8-9)16(5-6-18-2)4-3-10(12)15-17/h7-8,17H,3-6H2,1-2H3,(H2,12,15). The summed E-state index contributed by atoms with van der Waals surface area (Å²) in [5.41, 5.74) is 6.50. The number of ether oxygens (including phenoxy) is 1. The van der Waals surface area contributed by atoms with Gasteiger partial charge in [-0.1, -0.05) is 5.16 Å². The zero-order valence-corrected chi connectivity index (χ0v) is 10.7. The Balaban J connectivity index is 2.71. The van der Waals surface area contributed by atoms with Crippen molar-refractivity contribution in [3.63, 3.8) is 0 Å². The summed E-state index contributed by atoms with van der Waals surface area (Å²) in [4.78, 5) is 1.99. The number of amidine groups is 1. The van der Waals surface area contributed by atoms with Gasteiger partial charge in [-0.3, -0.25) is 0 Å². The van der Waals surface area contributed by atoms with Crippen LogP contribution in [0.15, 0.2) is 17.4 Å². The summed E-state index contributed by atoms with van der Waals surface area (Å²) in [6.07, 6.45) is 2.15. The van der Waals surface area contributed by atoms with Crippen LogP contribution in [0.2, 0.25) is 0 Å². The molecule has 0 spiro atoms. The number of aryl methyl sites for hydroxylation is 1. The lowest BCUT2D eigenvalue weighted by Gasteiger charge is -2.22. The molecule has 0 bridgehead atoms. The van der Waals surface area contributed by atoms with Gasteiger partial charge < -0.3 is 20.6 Å². The number of aromatic nitrogens is 2. The fourth-order valence-electron chi connectivity index (χ4n) is 1.45.